The van der Waals surface area contributed by atoms with Crippen molar-refractivity contribution in [2.45, 2.75) is 37.0 Å². The summed E-state index contributed by atoms with van der Waals surface area (Å²) >= 11 is 1.28. The number of anilines is 1. The third-order valence-corrected chi connectivity index (χ3v) is 3.65. The molecule has 2 rings (SSSR count). The fraction of sp³-hybridized carbons (Fsp3) is 0.818. The standard InChI is InChI=1S/C11H17F3N4OS/c1-8(2)20-10-16-15-9(17-3-5-19-6-4-17)18(10)7-11(12,13)14/h8H,3-7H2,1-2H3. The smallest absolute Gasteiger partial charge is 0.378 e. The zero-order valence-corrected chi connectivity index (χ0v) is 12.2. The Balaban J connectivity index is 2.27. The van der Waals surface area contributed by atoms with Gasteiger partial charge in [0.2, 0.25) is 5.95 Å². The van der Waals surface area contributed by atoms with Crippen molar-refractivity contribution >= 4 is 17.7 Å². The zero-order chi connectivity index (χ0) is 14.8. The molecule has 1 aromatic heterocycles. The van der Waals surface area contributed by atoms with Crippen molar-refractivity contribution in [1.82, 2.24) is 14.8 Å². The van der Waals surface area contributed by atoms with Crippen LogP contribution in [0.15, 0.2) is 5.16 Å². The molecule has 0 N–H and O–H groups in total. The molecule has 1 saturated heterocycles. The highest BCUT2D eigenvalue weighted by Crippen LogP contribution is 2.29. The second-order valence-corrected chi connectivity index (χ2v) is 6.29. The normalized spacial score (nSPS) is 17.0. The van der Waals surface area contributed by atoms with Gasteiger partial charge in [-0.25, -0.2) is 0 Å². The number of morpholine rings is 1. The summed E-state index contributed by atoms with van der Waals surface area (Å²) in [6, 6.07) is 0. The van der Waals surface area contributed by atoms with E-state index in [0.717, 1.165) is 4.57 Å². The SMILES string of the molecule is CC(C)Sc1nnc(N2CCOCC2)n1CC(F)(F)F. The Bertz CT molecular complexity index is 443. The molecule has 0 atom stereocenters. The molecule has 0 unspecified atom stereocenters. The number of thioether (sulfide) groups is 1. The average Bonchev–Trinajstić information content (AvgIpc) is 2.71. The van der Waals surface area contributed by atoms with E-state index in [4.69, 9.17) is 4.74 Å². The highest BCUT2D eigenvalue weighted by molar-refractivity contribution is 7.99. The summed E-state index contributed by atoms with van der Waals surface area (Å²) < 4.78 is 44.6. The van der Waals surface area contributed by atoms with Gasteiger partial charge in [-0.3, -0.25) is 4.57 Å². The van der Waals surface area contributed by atoms with Crippen LogP contribution in [0.3, 0.4) is 0 Å². The molecule has 0 aliphatic carbocycles. The van der Waals surface area contributed by atoms with Gasteiger partial charge in [0.05, 0.1) is 13.2 Å². The molecule has 1 aromatic rings. The van der Waals surface area contributed by atoms with Crippen LogP contribution in [0.2, 0.25) is 0 Å². The van der Waals surface area contributed by atoms with E-state index in [9.17, 15) is 13.2 Å². The highest BCUT2D eigenvalue weighted by Gasteiger charge is 2.32. The predicted octanol–water partition coefficient (Wildman–Crippen LogP) is 2.18. The largest absolute Gasteiger partial charge is 0.406 e. The minimum Gasteiger partial charge on any atom is -0.378 e. The lowest BCUT2D eigenvalue weighted by molar-refractivity contribution is -0.141. The summed E-state index contributed by atoms with van der Waals surface area (Å²) in [7, 11) is 0. The van der Waals surface area contributed by atoms with Crippen LogP contribution < -0.4 is 4.90 Å². The first-order chi connectivity index (χ1) is 9.37. The van der Waals surface area contributed by atoms with E-state index >= 15 is 0 Å². The molecule has 0 saturated carbocycles. The first-order valence-electron chi connectivity index (χ1n) is 6.36. The lowest BCUT2D eigenvalue weighted by Crippen LogP contribution is -2.38. The third-order valence-electron chi connectivity index (χ3n) is 2.67. The topological polar surface area (TPSA) is 43.2 Å². The van der Waals surface area contributed by atoms with Gasteiger partial charge in [0.25, 0.3) is 0 Å². The van der Waals surface area contributed by atoms with Crippen LogP contribution >= 0.6 is 11.8 Å². The Morgan fingerprint density at radius 2 is 1.90 bits per heavy atom. The van der Waals surface area contributed by atoms with Crippen molar-refractivity contribution in [3.05, 3.63) is 0 Å². The van der Waals surface area contributed by atoms with Gasteiger partial charge in [-0.1, -0.05) is 25.6 Å². The second-order valence-electron chi connectivity index (χ2n) is 4.75. The van der Waals surface area contributed by atoms with Gasteiger partial charge in [-0.05, 0) is 0 Å². The van der Waals surface area contributed by atoms with Crippen LogP contribution in [0.1, 0.15) is 13.8 Å². The van der Waals surface area contributed by atoms with Crippen molar-refractivity contribution < 1.29 is 17.9 Å². The van der Waals surface area contributed by atoms with Crippen molar-refractivity contribution in [2.24, 2.45) is 0 Å². The predicted molar refractivity (Wildman–Crippen MR) is 70.1 cm³/mol. The van der Waals surface area contributed by atoms with E-state index in [2.05, 4.69) is 10.2 Å². The number of nitrogens with zero attached hydrogens (tertiary/aromatic N) is 4. The quantitative estimate of drug-likeness (QED) is 0.798. The number of hydrogen-bond donors (Lipinski definition) is 0. The molecule has 0 spiro atoms. The molecule has 0 aromatic carbocycles. The lowest BCUT2D eigenvalue weighted by Gasteiger charge is -2.28. The fourth-order valence-electron chi connectivity index (χ4n) is 1.89. The van der Waals surface area contributed by atoms with Crippen molar-refractivity contribution in [2.75, 3.05) is 31.2 Å². The van der Waals surface area contributed by atoms with Crippen LogP contribution in [-0.4, -0.2) is 52.5 Å². The Morgan fingerprint density at radius 1 is 1.25 bits per heavy atom. The maximum absolute atomic E-state index is 12.8. The number of alkyl halides is 3. The van der Waals surface area contributed by atoms with E-state index in [1.165, 1.54) is 11.8 Å². The van der Waals surface area contributed by atoms with Crippen LogP contribution in [-0.2, 0) is 11.3 Å². The molecule has 20 heavy (non-hydrogen) atoms. The fourth-order valence-corrected chi connectivity index (χ4v) is 2.68. The van der Waals surface area contributed by atoms with Gasteiger partial charge in [0.15, 0.2) is 5.16 Å². The zero-order valence-electron chi connectivity index (χ0n) is 11.4. The van der Waals surface area contributed by atoms with Crippen LogP contribution in [0.25, 0.3) is 0 Å². The van der Waals surface area contributed by atoms with Crippen molar-refractivity contribution in [1.29, 1.82) is 0 Å². The monoisotopic (exact) mass is 310 g/mol. The van der Waals surface area contributed by atoms with Crippen LogP contribution in [0, 0.1) is 0 Å². The van der Waals surface area contributed by atoms with Gasteiger partial charge in [-0.2, -0.15) is 13.2 Å². The minimum absolute atomic E-state index is 0.142. The molecule has 1 fully saturated rings. The molecule has 1 aliphatic heterocycles. The molecule has 0 radical (unpaired) electrons. The van der Waals surface area contributed by atoms with Crippen molar-refractivity contribution in [3.63, 3.8) is 0 Å². The summed E-state index contributed by atoms with van der Waals surface area (Å²) in [6.07, 6.45) is -4.30. The number of rotatable bonds is 4. The third kappa shape index (κ3) is 4.02. The molecule has 5 nitrogen and oxygen atoms in total. The molecular weight excluding hydrogens is 293 g/mol. The molecule has 0 bridgehead atoms. The average molecular weight is 310 g/mol. The van der Waals surface area contributed by atoms with E-state index < -0.39 is 12.7 Å². The Labute approximate surface area is 119 Å². The molecule has 9 heteroatoms. The Morgan fingerprint density at radius 3 is 2.45 bits per heavy atom. The first kappa shape index (κ1) is 15.4. The molecule has 114 valence electrons. The summed E-state index contributed by atoms with van der Waals surface area (Å²) in [4.78, 5) is 1.78. The number of ether oxygens (including phenoxy) is 1. The summed E-state index contributed by atoms with van der Waals surface area (Å²) in [6.45, 7) is 4.79. The van der Waals surface area contributed by atoms with E-state index in [0.29, 0.717) is 31.5 Å². The van der Waals surface area contributed by atoms with Gasteiger partial charge in [0.1, 0.15) is 6.54 Å². The minimum atomic E-state index is -4.30. The second kappa shape index (κ2) is 6.21. The molecular formula is C11H17F3N4OS. The number of hydrogen-bond acceptors (Lipinski definition) is 5. The molecule has 0 amide bonds. The van der Waals surface area contributed by atoms with Crippen LogP contribution in [0.4, 0.5) is 19.1 Å². The van der Waals surface area contributed by atoms with Gasteiger partial charge >= 0.3 is 6.18 Å². The molecule has 2 heterocycles. The molecule has 1 aliphatic rings. The lowest BCUT2D eigenvalue weighted by atomic mass is 10.4. The van der Waals surface area contributed by atoms with Gasteiger partial charge < -0.3 is 9.64 Å². The van der Waals surface area contributed by atoms with E-state index in [-0.39, 0.29) is 11.2 Å². The Kier molecular flexibility index (Phi) is 4.79. The van der Waals surface area contributed by atoms with E-state index in [1.54, 1.807) is 4.90 Å². The summed E-state index contributed by atoms with van der Waals surface area (Å²) in [5.41, 5.74) is 0. The highest BCUT2D eigenvalue weighted by atomic mass is 32.2. The number of halogens is 3. The maximum atomic E-state index is 12.8. The van der Waals surface area contributed by atoms with Gasteiger partial charge in [-0.15, -0.1) is 10.2 Å². The maximum Gasteiger partial charge on any atom is 0.406 e. The van der Waals surface area contributed by atoms with Crippen molar-refractivity contribution in [3.8, 4) is 0 Å². The number of aromatic nitrogens is 3. The van der Waals surface area contributed by atoms with E-state index in [1.807, 2.05) is 13.8 Å². The summed E-state index contributed by atoms with van der Waals surface area (Å²) in [5, 5.41) is 8.30. The Hall–Kier alpha value is -0.960. The summed E-state index contributed by atoms with van der Waals surface area (Å²) in [5.74, 6) is 0.272. The van der Waals surface area contributed by atoms with Gasteiger partial charge in [0, 0.05) is 18.3 Å². The first-order valence-corrected chi connectivity index (χ1v) is 7.24. The van der Waals surface area contributed by atoms with Crippen LogP contribution in [0.5, 0.6) is 0 Å².